The summed E-state index contributed by atoms with van der Waals surface area (Å²) in [7, 11) is 0. The van der Waals surface area contributed by atoms with Gasteiger partial charge in [0.1, 0.15) is 23.0 Å². The number of carbonyl (C=O) groups is 4. The van der Waals surface area contributed by atoms with Crippen LogP contribution in [0.4, 0.5) is 0 Å². The molecule has 1 fully saturated rings. The summed E-state index contributed by atoms with van der Waals surface area (Å²) in [6.45, 7) is 4.90. The summed E-state index contributed by atoms with van der Waals surface area (Å²) in [5.74, 6) is -6.98. The standard InChI is InChI=1S/C42H46N2O8/c1-3-5-25-43(27-29-17-21-33(22-18-29)51-31-13-9-7-10-14-31)39(45)35-37(41(47)48)36(38(35)42(49)50)40(46)44(26-6-4-2)28-30-19-23-34(24-20-30)52-32-15-11-8-12-16-32/h7-24,35-38H,3-6,25-28H2,1-2H3,(H,47,48)(H,49,50)/t35-,36-,37-,38-. The highest BCUT2D eigenvalue weighted by Gasteiger charge is 2.64. The minimum atomic E-state index is -1.47. The number of amides is 2. The molecule has 10 heteroatoms. The Hall–Kier alpha value is -5.64. The predicted molar refractivity (Wildman–Crippen MR) is 196 cm³/mol. The predicted octanol–water partition coefficient (Wildman–Crippen LogP) is 7.88. The van der Waals surface area contributed by atoms with E-state index in [4.69, 9.17) is 9.47 Å². The first kappa shape index (κ1) is 37.6. The van der Waals surface area contributed by atoms with Gasteiger partial charge in [0, 0.05) is 26.2 Å². The Bertz CT molecular complexity index is 1640. The Balaban J connectivity index is 1.33. The Morgan fingerprint density at radius 2 is 0.827 bits per heavy atom. The molecule has 0 saturated heterocycles. The average molecular weight is 707 g/mol. The number of carboxylic acid groups (broad SMARTS) is 2. The molecular formula is C42H46N2O8. The number of carbonyl (C=O) groups excluding carboxylic acids is 2. The maximum Gasteiger partial charge on any atom is 0.308 e. The van der Waals surface area contributed by atoms with Gasteiger partial charge < -0.3 is 29.5 Å². The number of ether oxygens (including phenoxy) is 2. The van der Waals surface area contributed by atoms with Crippen molar-refractivity contribution < 1.29 is 38.9 Å². The Morgan fingerprint density at radius 1 is 0.500 bits per heavy atom. The van der Waals surface area contributed by atoms with Gasteiger partial charge in [-0.25, -0.2) is 0 Å². The SMILES string of the molecule is CCCCN(Cc1ccc(Oc2ccccc2)cc1)C(=O)[C@H]1[C@H](C(=O)O)[C@H](C(=O)N(CCCC)Cc2ccc(Oc3ccccc3)cc2)[C@H]1C(=O)O. The smallest absolute Gasteiger partial charge is 0.308 e. The Labute approximate surface area is 304 Å². The van der Waals surface area contributed by atoms with Crippen LogP contribution in [0.3, 0.4) is 0 Å². The van der Waals surface area contributed by atoms with Gasteiger partial charge in [-0.05, 0) is 72.5 Å². The van der Waals surface area contributed by atoms with E-state index in [1.807, 2.05) is 98.8 Å². The minimum absolute atomic E-state index is 0.158. The quantitative estimate of drug-likeness (QED) is 0.107. The van der Waals surface area contributed by atoms with E-state index in [0.29, 0.717) is 48.9 Å². The molecule has 2 amide bonds. The van der Waals surface area contributed by atoms with E-state index in [-0.39, 0.29) is 13.1 Å². The van der Waals surface area contributed by atoms with E-state index < -0.39 is 47.4 Å². The van der Waals surface area contributed by atoms with Gasteiger partial charge in [-0.3, -0.25) is 19.2 Å². The summed E-state index contributed by atoms with van der Waals surface area (Å²) < 4.78 is 11.8. The maximum atomic E-state index is 14.2. The number of carboxylic acids is 2. The maximum absolute atomic E-state index is 14.2. The van der Waals surface area contributed by atoms with Gasteiger partial charge in [0.05, 0.1) is 23.7 Å². The zero-order valence-corrected chi connectivity index (χ0v) is 29.6. The number of nitrogens with zero attached hydrogens (tertiary/aromatic N) is 2. The number of unbranched alkanes of at least 4 members (excludes halogenated alkanes) is 2. The van der Waals surface area contributed by atoms with Crippen LogP contribution in [-0.2, 0) is 32.3 Å². The second kappa shape index (κ2) is 18.0. The molecule has 2 N–H and O–H groups in total. The van der Waals surface area contributed by atoms with Crippen LogP contribution < -0.4 is 9.47 Å². The molecule has 5 rings (SSSR count). The molecule has 1 saturated carbocycles. The lowest BCUT2D eigenvalue weighted by molar-refractivity contribution is -0.187. The number of para-hydroxylation sites is 2. The Kier molecular flexibility index (Phi) is 13.0. The lowest BCUT2D eigenvalue weighted by atomic mass is 9.55. The fraction of sp³-hybridized carbons (Fsp3) is 0.333. The second-order valence-electron chi connectivity index (χ2n) is 13.1. The van der Waals surface area contributed by atoms with E-state index in [1.54, 1.807) is 24.3 Å². The fourth-order valence-electron chi connectivity index (χ4n) is 6.65. The fourth-order valence-corrected chi connectivity index (χ4v) is 6.65. The molecule has 0 unspecified atom stereocenters. The van der Waals surface area contributed by atoms with E-state index in [0.717, 1.165) is 24.0 Å². The van der Waals surface area contributed by atoms with Gasteiger partial charge in [0.25, 0.3) is 0 Å². The third-order valence-corrected chi connectivity index (χ3v) is 9.43. The number of hydrogen-bond acceptors (Lipinski definition) is 6. The number of benzene rings is 4. The van der Waals surface area contributed by atoms with Crippen molar-refractivity contribution in [3.63, 3.8) is 0 Å². The molecule has 0 heterocycles. The van der Waals surface area contributed by atoms with Gasteiger partial charge >= 0.3 is 11.9 Å². The molecule has 0 bridgehead atoms. The van der Waals surface area contributed by atoms with Crippen LogP contribution in [0.25, 0.3) is 0 Å². The molecule has 1 aliphatic rings. The lowest BCUT2D eigenvalue weighted by Gasteiger charge is -2.48. The first-order valence-electron chi connectivity index (χ1n) is 17.9. The molecule has 272 valence electrons. The van der Waals surface area contributed by atoms with E-state index in [1.165, 1.54) is 9.80 Å². The number of aliphatic carboxylic acids is 2. The van der Waals surface area contributed by atoms with Gasteiger partial charge in [-0.1, -0.05) is 87.4 Å². The second-order valence-corrected chi connectivity index (χ2v) is 13.1. The van der Waals surface area contributed by atoms with Crippen molar-refractivity contribution in [3.8, 4) is 23.0 Å². The topological polar surface area (TPSA) is 134 Å². The molecule has 0 aliphatic heterocycles. The van der Waals surface area contributed by atoms with Crippen molar-refractivity contribution >= 4 is 23.8 Å². The van der Waals surface area contributed by atoms with Crippen LogP contribution in [0, 0.1) is 23.7 Å². The van der Waals surface area contributed by atoms with E-state index >= 15 is 0 Å². The van der Waals surface area contributed by atoms with Crippen LogP contribution in [-0.4, -0.2) is 56.9 Å². The van der Waals surface area contributed by atoms with Crippen LogP contribution >= 0.6 is 0 Å². The normalized spacial score (nSPS) is 17.7. The lowest BCUT2D eigenvalue weighted by Crippen LogP contribution is -2.64. The molecular weight excluding hydrogens is 660 g/mol. The highest BCUT2D eigenvalue weighted by Crippen LogP contribution is 2.49. The summed E-state index contributed by atoms with van der Waals surface area (Å²) in [6, 6.07) is 33.1. The number of rotatable bonds is 18. The zero-order valence-electron chi connectivity index (χ0n) is 29.6. The Morgan fingerprint density at radius 3 is 1.13 bits per heavy atom. The summed E-state index contributed by atoms with van der Waals surface area (Å²) in [5, 5.41) is 20.8. The third-order valence-electron chi connectivity index (χ3n) is 9.43. The highest BCUT2D eigenvalue weighted by molar-refractivity contribution is 5.99. The zero-order chi connectivity index (χ0) is 37.0. The van der Waals surface area contributed by atoms with Crippen LogP contribution in [0.5, 0.6) is 23.0 Å². The summed E-state index contributed by atoms with van der Waals surface area (Å²) >= 11 is 0. The van der Waals surface area contributed by atoms with Crippen molar-refractivity contribution in [2.24, 2.45) is 23.7 Å². The van der Waals surface area contributed by atoms with Crippen molar-refractivity contribution in [2.45, 2.75) is 52.6 Å². The van der Waals surface area contributed by atoms with Crippen LogP contribution in [0.15, 0.2) is 109 Å². The summed E-state index contributed by atoms with van der Waals surface area (Å²) in [6.07, 6.45) is 2.84. The van der Waals surface area contributed by atoms with Gasteiger partial charge in [-0.15, -0.1) is 0 Å². The molecule has 0 radical (unpaired) electrons. The van der Waals surface area contributed by atoms with Crippen molar-refractivity contribution in [1.82, 2.24) is 9.80 Å². The van der Waals surface area contributed by atoms with Gasteiger partial charge in [0.2, 0.25) is 11.8 Å². The van der Waals surface area contributed by atoms with Crippen molar-refractivity contribution in [3.05, 3.63) is 120 Å². The van der Waals surface area contributed by atoms with E-state index in [2.05, 4.69) is 0 Å². The molecule has 1 aliphatic carbocycles. The number of hydrogen-bond donors (Lipinski definition) is 2. The minimum Gasteiger partial charge on any atom is -0.481 e. The van der Waals surface area contributed by atoms with E-state index in [9.17, 15) is 29.4 Å². The highest BCUT2D eigenvalue weighted by atomic mass is 16.5. The van der Waals surface area contributed by atoms with Gasteiger partial charge in [-0.2, -0.15) is 0 Å². The van der Waals surface area contributed by atoms with Crippen molar-refractivity contribution in [2.75, 3.05) is 13.1 Å². The third kappa shape index (κ3) is 9.37. The monoisotopic (exact) mass is 706 g/mol. The summed E-state index contributed by atoms with van der Waals surface area (Å²) in [5.41, 5.74) is 1.56. The first-order valence-corrected chi connectivity index (χ1v) is 17.9. The van der Waals surface area contributed by atoms with Crippen LogP contribution in [0.1, 0.15) is 50.7 Å². The van der Waals surface area contributed by atoms with Crippen LogP contribution in [0.2, 0.25) is 0 Å². The molecule has 10 nitrogen and oxygen atoms in total. The molecule has 0 aromatic heterocycles. The largest absolute Gasteiger partial charge is 0.481 e. The van der Waals surface area contributed by atoms with Gasteiger partial charge in [0.15, 0.2) is 0 Å². The molecule has 4 aromatic rings. The molecule has 0 spiro atoms. The molecule has 0 atom stereocenters. The molecule has 52 heavy (non-hydrogen) atoms. The average Bonchev–Trinajstić information content (AvgIpc) is 3.13. The van der Waals surface area contributed by atoms with Crippen molar-refractivity contribution in [1.29, 1.82) is 0 Å². The molecule has 4 aromatic carbocycles. The first-order chi connectivity index (χ1) is 25.2. The summed E-state index contributed by atoms with van der Waals surface area (Å²) in [4.78, 5) is 57.0.